The fourth-order valence-electron chi connectivity index (χ4n) is 3.59. The number of fused-ring (bicyclic) bond motifs is 1. The Morgan fingerprint density at radius 3 is 2.68 bits per heavy atom. The van der Waals surface area contributed by atoms with E-state index in [9.17, 15) is 13.2 Å². The molecule has 1 saturated heterocycles. The van der Waals surface area contributed by atoms with E-state index in [1.165, 1.54) is 17.4 Å². The topological polar surface area (TPSA) is 75.3 Å². The Hall–Kier alpha value is -0.760. The van der Waals surface area contributed by atoms with E-state index in [1.807, 2.05) is 23.9 Å². The summed E-state index contributed by atoms with van der Waals surface area (Å²) in [6.07, 6.45) is 2.91. The van der Waals surface area contributed by atoms with Gasteiger partial charge in [-0.2, -0.15) is 11.8 Å². The summed E-state index contributed by atoms with van der Waals surface area (Å²) >= 11 is 1.82. The zero-order valence-electron chi connectivity index (χ0n) is 14.3. The second-order valence-corrected chi connectivity index (χ2v) is 10.2. The zero-order chi connectivity index (χ0) is 17.2. The third-order valence-electron chi connectivity index (χ3n) is 5.08. The van der Waals surface area contributed by atoms with Gasteiger partial charge in [-0.1, -0.05) is 24.3 Å². The summed E-state index contributed by atoms with van der Waals surface area (Å²) in [5.41, 5.74) is 2.59. The van der Waals surface area contributed by atoms with Crippen LogP contribution in [0.2, 0.25) is 0 Å². The van der Waals surface area contributed by atoms with E-state index in [-0.39, 0.29) is 23.6 Å². The molecule has 140 valence electrons. The molecule has 0 radical (unpaired) electrons. The molecule has 1 amide bonds. The van der Waals surface area contributed by atoms with Crippen LogP contribution in [0.15, 0.2) is 24.3 Å². The Morgan fingerprint density at radius 1 is 1.32 bits per heavy atom. The molecule has 0 bridgehead atoms. The Balaban J connectivity index is 0.00000225. The highest BCUT2D eigenvalue weighted by molar-refractivity contribution is 7.99. The summed E-state index contributed by atoms with van der Waals surface area (Å²) in [6.45, 7) is 1.59. The molecule has 1 aromatic rings. The molecule has 2 N–H and O–H groups in total. The lowest BCUT2D eigenvalue weighted by Gasteiger charge is -2.35. The molecule has 3 rings (SSSR count). The summed E-state index contributed by atoms with van der Waals surface area (Å²) in [6, 6.07) is 8.30. The van der Waals surface area contributed by atoms with Crippen molar-refractivity contribution in [3.8, 4) is 0 Å². The first-order valence-corrected chi connectivity index (χ1v) is 11.3. The maximum atomic E-state index is 12.8. The number of sulfone groups is 1. The fourth-order valence-corrected chi connectivity index (χ4v) is 6.18. The van der Waals surface area contributed by atoms with Crippen molar-refractivity contribution in [1.29, 1.82) is 0 Å². The van der Waals surface area contributed by atoms with Crippen molar-refractivity contribution in [2.75, 3.05) is 31.6 Å². The van der Waals surface area contributed by atoms with E-state index in [0.717, 1.165) is 12.2 Å². The molecule has 8 heteroatoms. The van der Waals surface area contributed by atoms with Crippen LogP contribution < -0.4 is 10.6 Å². The van der Waals surface area contributed by atoms with Gasteiger partial charge >= 0.3 is 0 Å². The molecule has 0 aromatic heterocycles. The number of aryl methyl sites for hydroxylation is 1. The van der Waals surface area contributed by atoms with E-state index < -0.39 is 14.6 Å². The first-order valence-electron chi connectivity index (χ1n) is 8.32. The number of benzene rings is 1. The molecule has 0 saturated carbocycles. The highest BCUT2D eigenvalue weighted by Crippen LogP contribution is 2.36. The van der Waals surface area contributed by atoms with Crippen LogP contribution in [0.25, 0.3) is 0 Å². The van der Waals surface area contributed by atoms with Gasteiger partial charge in [0.05, 0.1) is 0 Å². The van der Waals surface area contributed by atoms with Crippen molar-refractivity contribution in [3.05, 3.63) is 35.4 Å². The third-order valence-corrected chi connectivity index (χ3v) is 8.35. The van der Waals surface area contributed by atoms with Gasteiger partial charge in [0.15, 0.2) is 14.6 Å². The first-order chi connectivity index (χ1) is 11.4. The lowest BCUT2D eigenvalue weighted by Crippen LogP contribution is -2.57. The molecule has 0 aliphatic carbocycles. The van der Waals surface area contributed by atoms with Gasteiger partial charge in [-0.05, 0) is 49.2 Å². The number of piperidine rings is 1. The van der Waals surface area contributed by atoms with Crippen molar-refractivity contribution >= 4 is 39.9 Å². The summed E-state index contributed by atoms with van der Waals surface area (Å²) in [5, 5.41) is 6.27. The number of hydrogen-bond donors (Lipinski definition) is 2. The molecule has 5 nitrogen and oxygen atoms in total. The van der Waals surface area contributed by atoms with Crippen LogP contribution in [-0.4, -0.2) is 50.7 Å². The minimum Gasteiger partial charge on any atom is -0.353 e. The minimum absolute atomic E-state index is 0. The van der Waals surface area contributed by atoms with Crippen molar-refractivity contribution < 1.29 is 13.2 Å². The number of carbonyl (C=O) groups excluding carboxylic acids is 1. The van der Waals surface area contributed by atoms with E-state index in [2.05, 4.69) is 22.8 Å². The number of hydrogen-bond acceptors (Lipinski definition) is 5. The summed E-state index contributed by atoms with van der Waals surface area (Å²) in [4.78, 5) is 12.8. The van der Waals surface area contributed by atoms with Gasteiger partial charge in [-0.25, -0.2) is 8.42 Å². The molecule has 25 heavy (non-hydrogen) atoms. The van der Waals surface area contributed by atoms with Crippen LogP contribution in [0.3, 0.4) is 0 Å². The predicted octanol–water partition coefficient (Wildman–Crippen LogP) is 1.72. The Labute approximate surface area is 160 Å². The average Bonchev–Trinajstić information content (AvgIpc) is 2.59. The van der Waals surface area contributed by atoms with Gasteiger partial charge in [-0.15, -0.1) is 12.4 Å². The fraction of sp³-hybridized carbons (Fsp3) is 0.588. The second-order valence-electron chi connectivity index (χ2n) is 6.53. The molecule has 1 atom stereocenters. The van der Waals surface area contributed by atoms with Crippen LogP contribution in [0.1, 0.15) is 29.2 Å². The second kappa shape index (κ2) is 8.29. The average molecular weight is 405 g/mol. The van der Waals surface area contributed by atoms with Crippen LogP contribution >= 0.6 is 24.2 Å². The van der Waals surface area contributed by atoms with Gasteiger partial charge in [0, 0.05) is 18.1 Å². The van der Waals surface area contributed by atoms with Crippen molar-refractivity contribution in [1.82, 2.24) is 10.6 Å². The van der Waals surface area contributed by atoms with Crippen LogP contribution in [0, 0.1) is 0 Å². The Morgan fingerprint density at radius 2 is 2.00 bits per heavy atom. The Kier molecular flexibility index (Phi) is 6.81. The molecule has 0 spiro atoms. The number of rotatable bonds is 4. The first kappa shape index (κ1) is 20.6. The molecule has 1 fully saturated rings. The Bertz CT molecular complexity index is 718. The highest BCUT2D eigenvalue weighted by atomic mass is 35.5. The SMILES string of the molecule is CS(=O)(=O)C1(C(=O)NCC2SCCc3ccccc32)CCNCC1.Cl. The zero-order valence-corrected chi connectivity index (χ0v) is 16.7. The number of nitrogens with one attached hydrogen (secondary N) is 2. The largest absolute Gasteiger partial charge is 0.353 e. The van der Waals surface area contributed by atoms with Crippen LogP contribution in [0.4, 0.5) is 0 Å². The number of thioether (sulfide) groups is 1. The minimum atomic E-state index is -3.46. The molecule has 1 aromatic carbocycles. The highest BCUT2D eigenvalue weighted by Gasteiger charge is 2.48. The van der Waals surface area contributed by atoms with E-state index in [0.29, 0.717) is 32.5 Å². The van der Waals surface area contributed by atoms with Crippen molar-refractivity contribution in [3.63, 3.8) is 0 Å². The van der Waals surface area contributed by atoms with Gasteiger partial charge in [0.25, 0.3) is 0 Å². The summed E-state index contributed by atoms with van der Waals surface area (Å²) in [5.74, 6) is 0.689. The summed E-state index contributed by atoms with van der Waals surface area (Å²) in [7, 11) is -3.46. The molecule has 2 aliphatic heterocycles. The van der Waals surface area contributed by atoms with E-state index in [4.69, 9.17) is 0 Å². The quantitative estimate of drug-likeness (QED) is 0.799. The van der Waals surface area contributed by atoms with Crippen LogP contribution in [0.5, 0.6) is 0 Å². The van der Waals surface area contributed by atoms with Gasteiger partial charge in [0.2, 0.25) is 5.91 Å². The number of amides is 1. The van der Waals surface area contributed by atoms with Crippen molar-refractivity contribution in [2.24, 2.45) is 0 Å². The lowest BCUT2D eigenvalue weighted by atomic mass is 9.95. The number of halogens is 1. The number of carbonyl (C=O) groups is 1. The molecule has 1 unspecified atom stereocenters. The monoisotopic (exact) mass is 404 g/mol. The van der Waals surface area contributed by atoms with Gasteiger partial charge < -0.3 is 10.6 Å². The lowest BCUT2D eigenvalue weighted by molar-refractivity contribution is -0.124. The van der Waals surface area contributed by atoms with E-state index >= 15 is 0 Å². The van der Waals surface area contributed by atoms with Gasteiger partial charge in [0.1, 0.15) is 0 Å². The molecular weight excluding hydrogens is 380 g/mol. The maximum absolute atomic E-state index is 12.8. The maximum Gasteiger partial charge on any atom is 0.241 e. The van der Waals surface area contributed by atoms with Crippen LogP contribution in [-0.2, 0) is 21.1 Å². The third kappa shape index (κ3) is 4.15. The summed E-state index contributed by atoms with van der Waals surface area (Å²) < 4.78 is 23.3. The van der Waals surface area contributed by atoms with Gasteiger partial charge in [-0.3, -0.25) is 4.79 Å². The van der Waals surface area contributed by atoms with Crippen molar-refractivity contribution in [2.45, 2.75) is 29.3 Å². The molecular formula is C17H25ClN2O3S2. The molecule has 2 aliphatic rings. The standard InChI is InChI=1S/C17H24N2O3S2.ClH/c1-24(21,22)17(7-9-18-10-8-17)16(20)19-12-15-14-5-3-2-4-13(14)6-11-23-15;/h2-5,15,18H,6-12H2,1H3,(H,19,20);1H. The normalized spacial score (nSPS) is 22.4. The molecule has 2 heterocycles. The van der Waals surface area contributed by atoms with E-state index in [1.54, 1.807) is 0 Å². The smallest absolute Gasteiger partial charge is 0.241 e. The predicted molar refractivity (Wildman–Crippen MR) is 105 cm³/mol.